The minimum Gasteiger partial charge on any atom is -0.457 e. The Labute approximate surface area is 120 Å². The average Bonchev–Trinajstić information content (AvgIpc) is 2.41. The Kier molecular flexibility index (Phi) is 4.22. The quantitative estimate of drug-likeness (QED) is 0.686. The Morgan fingerprint density at radius 2 is 2.10 bits per heavy atom. The van der Waals surface area contributed by atoms with Gasteiger partial charge in [-0.05, 0) is 30.7 Å². The fourth-order valence-corrected chi connectivity index (χ4v) is 1.99. The molecule has 2 rings (SSSR count). The number of halogens is 1. The van der Waals surface area contributed by atoms with Crippen molar-refractivity contribution >= 4 is 17.3 Å². The maximum atomic E-state index is 10.9. The topological polar surface area (TPSA) is 72.6 Å². The molecule has 6 heteroatoms. The van der Waals surface area contributed by atoms with Crippen LogP contribution in [0.3, 0.4) is 0 Å². The van der Waals surface area contributed by atoms with Crippen LogP contribution in [0.15, 0.2) is 36.4 Å². The van der Waals surface area contributed by atoms with E-state index in [9.17, 15) is 10.1 Å². The first kappa shape index (κ1) is 14.3. The summed E-state index contributed by atoms with van der Waals surface area (Å²) in [6.45, 7) is 1.46. The normalized spacial score (nSPS) is 10.3. The summed E-state index contributed by atoms with van der Waals surface area (Å²) in [5.41, 5.74) is 1.04. The van der Waals surface area contributed by atoms with Gasteiger partial charge in [0.25, 0.3) is 5.69 Å². The van der Waals surface area contributed by atoms with E-state index < -0.39 is 4.92 Å². The van der Waals surface area contributed by atoms with Crippen molar-refractivity contribution in [3.05, 3.63) is 62.7 Å². The summed E-state index contributed by atoms with van der Waals surface area (Å²) in [4.78, 5) is 10.4. The van der Waals surface area contributed by atoms with Gasteiger partial charge in [0, 0.05) is 11.1 Å². The molecular weight excluding hydrogens is 282 g/mol. The number of aliphatic hydroxyl groups excluding tert-OH is 1. The lowest BCUT2D eigenvalue weighted by Crippen LogP contribution is -1.95. The summed E-state index contributed by atoms with van der Waals surface area (Å²) in [7, 11) is 0. The first-order valence-electron chi connectivity index (χ1n) is 5.84. The Bertz CT molecular complexity index is 658. The smallest absolute Gasteiger partial charge is 0.276 e. The first-order valence-corrected chi connectivity index (χ1v) is 6.22. The summed E-state index contributed by atoms with van der Waals surface area (Å²) in [6, 6.07) is 9.48. The van der Waals surface area contributed by atoms with E-state index in [1.807, 2.05) is 0 Å². The largest absolute Gasteiger partial charge is 0.457 e. The molecule has 104 valence electrons. The van der Waals surface area contributed by atoms with Crippen molar-refractivity contribution in [2.75, 3.05) is 0 Å². The van der Waals surface area contributed by atoms with Gasteiger partial charge >= 0.3 is 0 Å². The number of rotatable bonds is 4. The second-order valence-corrected chi connectivity index (χ2v) is 4.58. The molecule has 0 saturated heterocycles. The highest BCUT2D eigenvalue weighted by atomic mass is 35.5. The molecule has 0 aromatic heterocycles. The molecule has 0 aliphatic carbocycles. The standard InChI is InChI=1S/C14H12ClNO4/c1-9-13(16(18)19)3-2-4-14(9)20-11-6-5-10(8-17)12(15)7-11/h2-7,17H,8H2,1H3. The Balaban J connectivity index is 2.33. The Morgan fingerprint density at radius 1 is 1.35 bits per heavy atom. The molecule has 0 spiro atoms. The van der Waals surface area contributed by atoms with Gasteiger partial charge in [0.05, 0.1) is 17.1 Å². The third-order valence-electron chi connectivity index (χ3n) is 2.87. The average molecular weight is 294 g/mol. The van der Waals surface area contributed by atoms with Crippen molar-refractivity contribution in [1.82, 2.24) is 0 Å². The fraction of sp³-hybridized carbons (Fsp3) is 0.143. The molecule has 0 aliphatic rings. The number of hydrogen-bond donors (Lipinski definition) is 1. The molecule has 1 N–H and O–H groups in total. The van der Waals surface area contributed by atoms with Crippen molar-refractivity contribution in [2.45, 2.75) is 13.5 Å². The summed E-state index contributed by atoms with van der Waals surface area (Å²) in [6.07, 6.45) is 0. The molecule has 20 heavy (non-hydrogen) atoms. The molecule has 0 heterocycles. The molecule has 0 aliphatic heterocycles. The van der Waals surface area contributed by atoms with E-state index in [4.69, 9.17) is 21.4 Å². The van der Waals surface area contributed by atoms with Crippen molar-refractivity contribution in [3.8, 4) is 11.5 Å². The van der Waals surface area contributed by atoms with E-state index in [-0.39, 0.29) is 12.3 Å². The fourth-order valence-electron chi connectivity index (χ4n) is 1.76. The lowest BCUT2D eigenvalue weighted by Gasteiger charge is -2.10. The molecule has 0 bridgehead atoms. The SMILES string of the molecule is Cc1c(Oc2ccc(CO)c(Cl)c2)cccc1[N+](=O)[O-]. The monoisotopic (exact) mass is 293 g/mol. The van der Waals surface area contributed by atoms with Crippen LogP contribution < -0.4 is 4.74 Å². The van der Waals surface area contributed by atoms with Crippen LogP contribution in [-0.2, 0) is 6.61 Å². The second-order valence-electron chi connectivity index (χ2n) is 4.17. The molecule has 0 fully saturated rings. The van der Waals surface area contributed by atoms with E-state index in [0.29, 0.717) is 27.6 Å². The molecule has 2 aromatic carbocycles. The summed E-state index contributed by atoms with van der Waals surface area (Å²) >= 11 is 5.97. The van der Waals surface area contributed by atoms with Gasteiger partial charge in [-0.15, -0.1) is 0 Å². The highest BCUT2D eigenvalue weighted by molar-refractivity contribution is 6.31. The van der Waals surface area contributed by atoms with Crippen molar-refractivity contribution in [1.29, 1.82) is 0 Å². The van der Waals surface area contributed by atoms with Gasteiger partial charge in [-0.2, -0.15) is 0 Å². The van der Waals surface area contributed by atoms with Gasteiger partial charge in [-0.3, -0.25) is 10.1 Å². The zero-order valence-electron chi connectivity index (χ0n) is 10.7. The number of nitro benzene ring substituents is 1. The van der Waals surface area contributed by atoms with Gasteiger partial charge in [0.15, 0.2) is 0 Å². The number of nitro groups is 1. The van der Waals surface area contributed by atoms with Crippen LogP contribution in [0.2, 0.25) is 5.02 Å². The van der Waals surface area contributed by atoms with Crippen LogP contribution in [-0.4, -0.2) is 10.0 Å². The maximum absolute atomic E-state index is 10.9. The number of hydrogen-bond acceptors (Lipinski definition) is 4. The number of ether oxygens (including phenoxy) is 1. The van der Waals surface area contributed by atoms with Crippen molar-refractivity contribution in [2.24, 2.45) is 0 Å². The third kappa shape index (κ3) is 2.89. The van der Waals surface area contributed by atoms with Crippen molar-refractivity contribution in [3.63, 3.8) is 0 Å². The zero-order valence-corrected chi connectivity index (χ0v) is 11.4. The lowest BCUT2D eigenvalue weighted by molar-refractivity contribution is -0.385. The van der Waals surface area contributed by atoms with Gasteiger partial charge in [-0.1, -0.05) is 23.7 Å². The van der Waals surface area contributed by atoms with Gasteiger partial charge in [0.2, 0.25) is 0 Å². The van der Waals surface area contributed by atoms with Gasteiger partial charge in [-0.25, -0.2) is 0 Å². The molecule has 2 aromatic rings. The summed E-state index contributed by atoms with van der Waals surface area (Å²) in [5, 5.41) is 20.3. The highest BCUT2D eigenvalue weighted by Gasteiger charge is 2.14. The van der Waals surface area contributed by atoms with Crippen LogP contribution in [0, 0.1) is 17.0 Å². The Morgan fingerprint density at radius 3 is 2.70 bits per heavy atom. The highest BCUT2D eigenvalue weighted by Crippen LogP contribution is 2.32. The number of nitrogens with zero attached hydrogens (tertiary/aromatic N) is 1. The minimum atomic E-state index is -0.454. The predicted molar refractivity (Wildman–Crippen MR) is 75.3 cm³/mol. The lowest BCUT2D eigenvalue weighted by atomic mass is 10.2. The second kappa shape index (κ2) is 5.90. The van der Waals surface area contributed by atoms with Crippen LogP contribution in [0.1, 0.15) is 11.1 Å². The molecule has 0 amide bonds. The minimum absolute atomic E-state index is 0.000533. The molecule has 5 nitrogen and oxygen atoms in total. The van der Waals surface area contributed by atoms with Gasteiger partial charge < -0.3 is 9.84 Å². The first-order chi connectivity index (χ1) is 9.52. The number of benzene rings is 2. The van der Waals surface area contributed by atoms with E-state index in [0.717, 1.165) is 0 Å². The zero-order chi connectivity index (χ0) is 14.7. The molecule has 0 saturated carbocycles. The maximum Gasteiger partial charge on any atom is 0.276 e. The molecule has 0 atom stereocenters. The van der Waals surface area contributed by atoms with E-state index >= 15 is 0 Å². The number of aliphatic hydroxyl groups is 1. The molecule has 0 radical (unpaired) electrons. The third-order valence-corrected chi connectivity index (χ3v) is 3.23. The van der Waals surface area contributed by atoms with Crippen LogP contribution in [0.25, 0.3) is 0 Å². The van der Waals surface area contributed by atoms with E-state index in [2.05, 4.69) is 0 Å². The van der Waals surface area contributed by atoms with Crippen LogP contribution in [0.5, 0.6) is 11.5 Å². The Hall–Kier alpha value is -2.11. The van der Waals surface area contributed by atoms with Gasteiger partial charge in [0.1, 0.15) is 11.5 Å². The van der Waals surface area contributed by atoms with E-state index in [1.165, 1.54) is 6.07 Å². The summed E-state index contributed by atoms with van der Waals surface area (Å²) < 4.78 is 5.61. The van der Waals surface area contributed by atoms with E-state index in [1.54, 1.807) is 37.3 Å². The summed E-state index contributed by atoms with van der Waals surface area (Å²) in [5.74, 6) is 0.850. The molecular formula is C14H12ClNO4. The van der Waals surface area contributed by atoms with Crippen LogP contribution >= 0.6 is 11.6 Å². The van der Waals surface area contributed by atoms with Crippen LogP contribution in [0.4, 0.5) is 5.69 Å². The van der Waals surface area contributed by atoms with Crippen molar-refractivity contribution < 1.29 is 14.8 Å². The predicted octanol–water partition coefficient (Wildman–Crippen LogP) is 3.84. The molecule has 0 unspecified atom stereocenters.